The standard InChI is InChI=1S/C10H15NO3S/c1-7(13-2)4-9-11-8(6-15-9)5-10(12)14-3/h6-7H,4-5H2,1-3H3. The van der Waals surface area contributed by atoms with Gasteiger partial charge >= 0.3 is 5.97 Å². The fourth-order valence-corrected chi connectivity index (χ4v) is 1.98. The number of thiazole rings is 1. The summed E-state index contributed by atoms with van der Waals surface area (Å²) < 4.78 is 9.71. The molecule has 1 aromatic rings. The summed E-state index contributed by atoms with van der Waals surface area (Å²) in [6, 6.07) is 0. The monoisotopic (exact) mass is 229 g/mol. The van der Waals surface area contributed by atoms with Gasteiger partial charge < -0.3 is 9.47 Å². The Hall–Kier alpha value is -0.940. The molecule has 5 heteroatoms. The van der Waals surface area contributed by atoms with Gasteiger partial charge in [-0.2, -0.15) is 0 Å². The molecule has 1 rings (SSSR count). The molecule has 0 aliphatic heterocycles. The molecule has 0 aromatic carbocycles. The summed E-state index contributed by atoms with van der Waals surface area (Å²) in [7, 11) is 3.05. The van der Waals surface area contributed by atoms with E-state index in [1.807, 2.05) is 12.3 Å². The first-order valence-electron chi connectivity index (χ1n) is 4.68. The van der Waals surface area contributed by atoms with E-state index in [2.05, 4.69) is 9.72 Å². The van der Waals surface area contributed by atoms with Crippen molar-refractivity contribution in [1.82, 2.24) is 4.98 Å². The van der Waals surface area contributed by atoms with Crippen LogP contribution in [0.1, 0.15) is 17.6 Å². The second kappa shape index (κ2) is 5.82. The van der Waals surface area contributed by atoms with Gasteiger partial charge in [-0.3, -0.25) is 4.79 Å². The Kier molecular flexibility index (Phi) is 4.71. The highest BCUT2D eigenvalue weighted by Crippen LogP contribution is 2.13. The number of esters is 1. The minimum Gasteiger partial charge on any atom is -0.469 e. The number of rotatable bonds is 5. The quantitative estimate of drug-likeness (QED) is 0.717. The summed E-state index contributed by atoms with van der Waals surface area (Å²) in [6.45, 7) is 1.99. The van der Waals surface area contributed by atoms with E-state index in [4.69, 9.17) is 4.74 Å². The fraction of sp³-hybridized carbons (Fsp3) is 0.600. The van der Waals surface area contributed by atoms with Gasteiger partial charge in [-0.05, 0) is 6.92 Å². The molecule has 0 saturated carbocycles. The largest absolute Gasteiger partial charge is 0.469 e. The molecule has 4 nitrogen and oxygen atoms in total. The second-order valence-corrected chi connectivity index (χ2v) is 4.18. The summed E-state index contributed by atoms with van der Waals surface area (Å²) >= 11 is 1.55. The van der Waals surface area contributed by atoms with Crippen LogP contribution in [-0.2, 0) is 27.1 Å². The van der Waals surface area contributed by atoms with Crippen molar-refractivity contribution in [3.63, 3.8) is 0 Å². The van der Waals surface area contributed by atoms with Crippen LogP contribution in [0.15, 0.2) is 5.38 Å². The van der Waals surface area contributed by atoms with Gasteiger partial charge in [0.15, 0.2) is 0 Å². The molecule has 0 aliphatic rings. The van der Waals surface area contributed by atoms with Crippen LogP contribution in [-0.4, -0.2) is 31.3 Å². The lowest BCUT2D eigenvalue weighted by Crippen LogP contribution is -2.09. The highest BCUT2D eigenvalue weighted by molar-refractivity contribution is 7.09. The number of nitrogens with zero attached hydrogens (tertiary/aromatic N) is 1. The van der Waals surface area contributed by atoms with E-state index in [-0.39, 0.29) is 18.5 Å². The molecule has 0 bridgehead atoms. The first kappa shape index (κ1) is 12.1. The van der Waals surface area contributed by atoms with Crippen LogP contribution in [0.3, 0.4) is 0 Å². The van der Waals surface area contributed by atoms with Gasteiger partial charge in [-0.15, -0.1) is 11.3 Å². The lowest BCUT2D eigenvalue weighted by Gasteiger charge is -2.05. The molecule has 1 aromatic heterocycles. The molecule has 0 radical (unpaired) electrons. The highest BCUT2D eigenvalue weighted by Gasteiger charge is 2.09. The zero-order valence-electron chi connectivity index (χ0n) is 9.15. The first-order valence-corrected chi connectivity index (χ1v) is 5.56. The molecule has 1 atom stereocenters. The lowest BCUT2D eigenvalue weighted by atomic mass is 10.3. The Morgan fingerprint density at radius 1 is 1.60 bits per heavy atom. The van der Waals surface area contributed by atoms with Crippen molar-refractivity contribution in [2.75, 3.05) is 14.2 Å². The van der Waals surface area contributed by atoms with E-state index in [9.17, 15) is 4.79 Å². The van der Waals surface area contributed by atoms with Crippen LogP contribution in [0.5, 0.6) is 0 Å². The molecule has 0 amide bonds. The normalized spacial score (nSPS) is 12.5. The Labute approximate surface area is 93.2 Å². The third-order valence-electron chi connectivity index (χ3n) is 2.02. The Bertz CT molecular complexity index is 324. The van der Waals surface area contributed by atoms with Crippen LogP contribution in [0.2, 0.25) is 0 Å². The fourth-order valence-electron chi connectivity index (χ4n) is 1.07. The molecule has 0 spiro atoms. The van der Waals surface area contributed by atoms with Crippen LogP contribution in [0.25, 0.3) is 0 Å². The maximum Gasteiger partial charge on any atom is 0.311 e. The van der Waals surface area contributed by atoms with Crippen molar-refractivity contribution >= 4 is 17.3 Å². The third-order valence-corrected chi connectivity index (χ3v) is 2.94. The van der Waals surface area contributed by atoms with Crippen molar-refractivity contribution in [2.24, 2.45) is 0 Å². The maximum absolute atomic E-state index is 11.0. The predicted molar refractivity (Wildman–Crippen MR) is 58.0 cm³/mol. The zero-order valence-corrected chi connectivity index (χ0v) is 9.97. The zero-order chi connectivity index (χ0) is 11.3. The number of hydrogen-bond donors (Lipinski definition) is 0. The van der Waals surface area contributed by atoms with E-state index < -0.39 is 0 Å². The van der Waals surface area contributed by atoms with Gasteiger partial charge in [0.05, 0.1) is 30.3 Å². The summed E-state index contributed by atoms with van der Waals surface area (Å²) in [5, 5.41) is 2.87. The molecular weight excluding hydrogens is 214 g/mol. The maximum atomic E-state index is 11.0. The average Bonchev–Trinajstić information content (AvgIpc) is 2.65. The molecule has 0 fully saturated rings. The Morgan fingerprint density at radius 3 is 2.93 bits per heavy atom. The van der Waals surface area contributed by atoms with Crippen LogP contribution in [0.4, 0.5) is 0 Å². The van der Waals surface area contributed by atoms with Crippen LogP contribution >= 0.6 is 11.3 Å². The summed E-state index contributed by atoms with van der Waals surface area (Å²) in [5.74, 6) is -0.258. The molecule has 84 valence electrons. The van der Waals surface area contributed by atoms with Gasteiger partial charge in [0, 0.05) is 18.9 Å². The van der Waals surface area contributed by atoms with Crippen LogP contribution < -0.4 is 0 Å². The number of ether oxygens (including phenoxy) is 2. The molecule has 0 saturated heterocycles. The van der Waals surface area contributed by atoms with Gasteiger partial charge in [0.2, 0.25) is 0 Å². The van der Waals surface area contributed by atoms with Gasteiger partial charge in [0.25, 0.3) is 0 Å². The topological polar surface area (TPSA) is 48.4 Å². The summed E-state index contributed by atoms with van der Waals surface area (Å²) in [6.07, 6.45) is 1.18. The number of carbonyl (C=O) groups excluding carboxylic acids is 1. The average molecular weight is 229 g/mol. The summed E-state index contributed by atoms with van der Waals surface area (Å²) in [4.78, 5) is 15.3. The predicted octanol–water partition coefficient (Wildman–Crippen LogP) is 1.44. The number of methoxy groups -OCH3 is 2. The Balaban J connectivity index is 2.52. The molecule has 0 aliphatic carbocycles. The van der Waals surface area contributed by atoms with Crippen molar-refractivity contribution in [3.8, 4) is 0 Å². The minimum atomic E-state index is -0.258. The van der Waals surface area contributed by atoms with E-state index in [1.165, 1.54) is 7.11 Å². The third kappa shape index (κ3) is 3.97. The van der Waals surface area contributed by atoms with Gasteiger partial charge in [0.1, 0.15) is 0 Å². The molecule has 15 heavy (non-hydrogen) atoms. The molecule has 0 N–H and O–H groups in total. The Morgan fingerprint density at radius 2 is 2.33 bits per heavy atom. The van der Waals surface area contributed by atoms with Crippen molar-refractivity contribution in [3.05, 3.63) is 16.1 Å². The SMILES string of the molecule is COC(=O)Cc1csc(CC(C)OC)n1. The van der Waals surface area contributed by atoms with E-state index >= 15 is 0 Å². The van der Waals surface area contributed by atoms with Crippen molar-refractivity contribution < 1.29 is 14.3 Å². The number of hydrogen-bond acceptors (Lipinski definition) is 5. The van der Waals surface area contributed by atoms with Crippen molar-refractivity contribution in [2.45, 2.75) is 25.9 Å². The molecule has 1 heterocycles. The van der Waals surface area contributed by atoms with E-state index in [0.717, 1.165) is 17.1 Å². The molecule has 1 unspecified atom stereocenters. The second-order valence-electron chi connectivity index (χ2n) is 3.24. The smallest absolute Gasteiger partial charge is 0.311 e. The van der Waals surface area contributed by atoms with Gasteiger partial charge in [-0.25, -0.2) is 4.98 Å². The first-order chi connectivity index (χ1) is 7.15. The molecular formula is C10H15NO3S. The van der Waals surface area contributed by atoms with E-state index in [1.54, 1.807) is 18.4 Å². The van der Waals surface area contributed by atoms with E-state index in [0.29, 0.717) is 0 Å². The lowest BCUT2D eigenvalue weighted by molar-refractivity contribution is -0.139. The minimum absolute atomic E-state index is 0.155. The van der Waals surface area contributed by atoms with Crippen LogP contribution in [0, 0.1) is 0 Å². The number of carbonyl (C=O) groups is 1. The highest BCUT2D eigenvalue weighted by atomic mass is 32.1. The van der Waals surface area contributed by atoms with Gasteiger partial charge in [-0.1, -0.05) is 0 Å². The van der Waals surface area contributed by atoms with Crippen molar-refractivity contribution in [1.29, 1.82) is 0 Å². The number of aromatic nitrogens is 1. The summed E-state index contributed by atoms with van der Waals surface area (Å²) in [5.41, 5.74) is 0.769.